The quantitative estimate of drug-likeness (QED) is 0.457. The number of terminal acetylenes is 1. The molecule has 0 bridgehead atoms. The third-order valence-electron chi connectivity index (χ3n) is 0.996. The molecule has 0 saturated carbocycles. The van der Waals surface area contributed by atoms with Crippen LogP contribution in [0.25, 0.3) is 0 Å². The van der Waals surface area contributed by atoms with Crippen molar-refractivity contribution in [3.63, 3.8) is 0 Å². The van der Waals surface area contributed by atoms with Crippen LogP contribution in [0.2, 0.25) is 0 Å². The highest BCUT2D eigenvalue weighted by Crippen LogP contribution is 1.96. The molecule has 0 aliphatic carbocycles. The molecule has 0 radical (unpaired) electrons. The summed E-state index contributed by atoms with van der Waals surface area (Å²) < 4.78 is 5.00. The summed E-state index contributed by atoms with van der Waals surface area (Å²) in [6, 6.07) is 0. The fraction of sp³-hybridized carbons (Fsp3) is 0.500. The van der Waals surface area contributed by atoms with Gasteiger partial charge < -0.3 is 9.84 Å². The monoisotopic (exact) mass is 140 g/mol. The fourth-order valence-electron chi connectivity index (χ4n) is 0.498. The number of ether oxygens (including phenoxy) is 1. The zero-order chi connectivity index (χ0) is 7.98. The number of hydrogen-bond acceptors (Lipinski definition) is 2. The second-order valence-corrected chi connectivity index (χ2v) is 1.95. The van der Waals surface area contributed by atoms with E-state index in [4.69, 9.17) is 16.3 Å². The van der Waals surface area contributed by atoms with Gasteiger partial charge in [-0.2, -0.15) is 0 Å². The van der Waals surface area contributed by atoms with Crippen molar-refractivity contribution in [1.29, 1.82) is 0 Å². The highest BCUT2D eigenvalue weighted by atomic mass is 16.5. The molecule has 0 spiro atoms. The molecule has 0 heterocycles. The van der Waals surface area contributed by atoms with E-state index >= 15 is 0 Å². The molecule has 56 valence electrons. The lowest BCUT2D eigenvalue weighted by Gasteiger charge is -2.12. The van der Waals surface area contributed by atoms with Crippen LogP contribution in [0.4, 0.5) is 0 Å². The van der Waals surface area contributed by atoms with Gasteiger partial charge in [0.05, 0.1) is 12.7 Å². The molecule has 0 aliphatic rings. The number of hydrogen-bond donors (Lipinski definition) is 1. The van der Waals surface area contributed by atoms with Crippen molar-refractivity contribution in [1.82, 2.24) is 0 Å². The maximum Gasteiger partial charge on any atom is 0.143 e. The Morgan fingerprint density at radius 2 is 2.50 bits per heavy atom. The van der Waals surface area contributed by atoms with E-state index in [1.165, 1.54) is 0 Å². The van der Waals surface area contributed by atoms with Crippen molar-refractivity contribution in [2.45, 2.75) is 19.1 Å². The standard InChI is InChI=1S/C8H12O2/c1-4-6-10-8(5-2)7(3)9/h2,4,7-9H,1,6H2,3H3/t7-,8+/m0/s1. The average Bonchev–Trinajstić information content (AvgIpc) is 1.89. The van der Waals surface area contributed by atoms with Crippen LogP contribution >= 0.6 is 0 Å². The summed E-state index contributed by atoms with van der Waals surface area (Å²) in [6.45, 7) is 5.42. The van der Waals surface area contributed by atoms with Crippen LogP contribution in [-0.4, -0.2) is 23.9 Å². The van der Waals surface area contributed by atoms with Crippen molar-refractivity contribution >= 4 is 0 Å². The minimum Gasteiger partial charge on any atom is -0.390 e. The number of rotatable bonds is 4. The van der Waals surface area contributed by atoms with Crippen LogP contribution in [0, 0.1) is 12.3 Å². The van der Waals surface area contributed by atoms with Gasteiger partial charge in [0.25, 0.3) is 0 Å². The molecule has 0 saturated heterocycles. The van der Waals surface area contributed by atoms with Crippen LogP contribution in [-0.2, 0) is 4.74 Å². The molecule has 2 nitrogen and oxygen atoms in total. The van der Waals surface area contributed by atoms with E-state index in [0.717, 1.165) is 0 Å². The van der Waals surface area contributed by atoms with Gasteiger partial charge in [-0.1, -0.05) is 12.0 Å². The van der Waals surface area contributed by atoms with E-state index in [1.807, 2.05) is 0 Å². The Morgan fingerprint density at radius 1 is 1.90 bits per heavy atom. The number of aliphatic hydroxyl groups excluding tert-OH is 1. The SMILES string of the molecule is C#C[C@@H](OCC=C)[C@H](C)O. The molecule has 0 unspecified atom stereocenters. The maximum atomic E-state index is 8.94. The molecule has 0 aromatic rings. The second-order valence-electron chi connectivity index (χ2n) is 1.95. The molecule has 0 aromatic carbocycles. The van der Waals surface area contributed by atoms with Gasteiger partial charge in [-0.3, -0.25) is 0 Å². The lowest BCUT2D eigenvalue weighted by atomic mass is 10.2. The van der Waals surface area contributed by atoms with Crippen molar-refractivity contribution < 1.29 is 9.84 Å². The van der Waals surface area contributed by atoms with E-state index in [0.29, 0.717) is 6.61 Å². The van der Waals surface area contributed by atoms with Gasteiger partial charge in [0.2, 0.25) is 0 Å². The van der Waals surface area contributed by atoms with Gasteiger partial charge in [-0.25, -0.2) is 0 Å². The van der Waals surface area contributed by atoms with Gasteiger partial charge in [0.15, 0.2) is 0 Å². The third-order valence-corrected chi connectivity index (χ3v) is 0.996. The molecular formula is C8H12O2. The Bertz CT molecular complexity index is 133. The predicted molar refractivity (Wildman–Crippen MR) is 40.5 cm³/mol. The van der Waals surface area contributed by atoms with Gasteiger partial charge in [-0.15, -0.1) is 13.0 Å². The van der Waals surface area contributed by atoms with E-state index in [9.17, 15) is 0 Å². The highest BCUT2D eigenvalue weighted by Gasteiger charge is 2.09. The smallest absolute Gasteiger partial charge is 0.143 e. The zero-order valence-corrected chi connectivity index (χ0v) is 6.08. The minimum atomic E-state index is -0.620. The third kappa shape index (κ3) is 3.29. The molecule has 0 aromatic heterocycles. The van der Waals surface area contributed by atoms with Crippen molar-refractivity contribution in [3.05, 3.63) is 12.7 Å². The lowest BCUT2D eigenvalue weighted by molar-refractivity contribution is 0.0172. The molecule has 0 fully saturated rings. The molecule has 10 heavy (non-hydrogen) atoms. The summed E-state index contributed by atoms with van der Waals surface area (Å²) in [5.74, 6) is 2.32. The Balaban J connectivity index is 3.63. The normalized spacial score (nSPS) is 15.3. The number of aliphatic hydroxyl groups is 1. The lowest BCUT2D eigenvalue weighted by Crippen LogP contribution is -2.24. The van der Waals surface area contributed by atoms with E-state index < -0.39 is 12.2 Å². The van der Waals surface area contributed by atoms with Crippen LogP contribution in [0.3, 0.4) is 0 Å². The summed E-state index contributed by atoms with van der Waals surface area (Å²) >= 11 is 0. The van der Waals surface area contributed by atoms with E-state index in [-0.39, 0.29) is 0 Å². The predicted octanol–water partition coefficient (Wildman–Crippen LogP) is 0.572. The molecule has 1 N–H and O–H groups in total. The summed E-state index contributed by atoms with van der Waals surface area (Å²) in [5, 5.41) is 8.94. The summed E-state index contributed by atoms with van der Waals surface area (Å²) in [6.07, 6.45) is 5.50. The Hall–Kier alpha value is -0.780. The maximum absolute atomic E-state index is 8.94. The molecule has 0 amide bonds. The summed E-state index contributed by atoms with van der Waals surface area (Å²) in [5.41, 5.74) is 0. The summed E-state index contributed by atoms with van der Waals surface area (Å²) in [4.78, 5) is 0. The Kier molecular flexibility index (Phi) is 4.65. The minimum absolute atomic E-state index is 0.375. The highest BCUT2D eigenvalue weighted by molar-refractivity contribution is 4.97. The fourth-order valence-corrected chi connectivity index (χ4v) is 0.498. The van der Waals surface area contributed by atoms with Gasteiger partial charge in [0.1, 0.15) is 6.10 Å². The van der Waals surface area contributed by atoms with Crippen molar-refractivity contribution in [3.8, 4) is 12.3 Å². The first kappa shape index (κ1) is 9.22. The first-order valence-corrected chi connectivity index (χ1v) is 3.09. The molecule has 0 rings (SSSR count). The second kappa shape index (κ2) is 5.04. The first-order chi connectivity index (χ1) is 4.72. The topological polar surface area (TPSA) is 29.5 Å². The first-order valence-electron chi connectivity index (χ1n) is 3.09. The molecular weight excluding hydrogens is 128 g/mol. The van der Waals surface area contributed by atoms with E-state index in [2.05, 4.69) is 12.5 Å². The zero-order valence-electron chi connectivity index (χ0n) is 6.08. The van der Waals surface area contributed by atoms with Crippen LogP contribution < -0.4 is 0 Å². The summed E-state index contributed by atoms with van der Waals surface area (Å²) in [7, 11) is 0. The van der Waals surface area contributed by atoms with Crippen LogP contribution in [0.15, 0.2) is 12.7 Å². The Labute approximate surface area is 61.5 Å². The average molecular weight is 140 g/mol. The van der Waals surface area contributed by atoms with Crippen molar-refractivity contribution in [2.75, 3.05) is 6.61 Å². The molecule has 0 aliphatic heterocycles. The van der Waals surface area contributed by atoms with Gasteiger partial charge in [0, 0.05) is 0 Å². The molecule has 2 atom stereocenters. The van der Waals surface area contributed by atoms with E-state index in [1.54, 1.807) is 13.0 Å². The molecule has 2 heteroatoms. The van der Waals surface area contributed by atoms with Gasteiger partial charge in [-0.05, 0) is 6.92 Å². The van der Waals surface area contributed by atoms with Crippen LogP contribution in [0.5, 0.6) is 0 Å². The van der Waals surface area contributed by atoms with Crippen LogP contribution in [0.1, 0.15) is 6.92 Å². The Morgan fingerprint density at radius 3 is 2.80 bits per heavy atom. The largest absolute Gasteiger partial charge is 0.390 e. The van der Waals surface area contributed by atoms with Crippen molar-refractivity contribution in [2.24, 2.45) is 0 Å². The van der Waals surface area contributed by atoms with Gasteiger partial charge >= 0.3 is 0 Å².